The van der Waals surface area contributed by atoms with E-state index in [1.165, 1.54) is 27.7 Å². The number of carbonyl (C=O) groups is 4. The molecule has 12 nitrogen and oxygen atoms in total. The van der Waals surface area contributed by atoms with Crippen LogP contribution < -0.4 is 11.1 Å². The molecule has 1 saturated heterocycles. The number of nitrogens with one attached hydrogen (secondary N) is 1. The summed E-state index contributed by atoms with van der Waals surface area (Å²) >= 11 is 0. The molecule has 1 aliphatic heterocycles. The van der Waals surface area contributed by atoms with Gasteiger partial charge in [-0.05, 0) is 6.92 Å². The minimum Gasteiger partial charge on any atom is -0.463 e. The van der Waals surface area contributed by atoms with Gasteiger partial charge in [0.2, 0.25) is 5.91 Å². The van der Waals surface area contributed by atoms with Crippen LogP contribution in [0.15, 0.2) is 0 Å². The fourth-order valence-electron chi connectivity index (χ4n) is 3.44. The van der Waals surface area contributed by atoms with Gasteiger partial charge in [-0.1, -0.05) is 0 Å². The maximum absolute atomic E-state index is 11.9. The molecule has 0 aromatic heterocycles. The van der Waals surface area contributed by atoms with E-state index in [-0.39, 0.29) is 32.0 Å². The van der Waals surface area contributed by atoms with Crippen LogP contribution in [0.3, 0.4) is 0 Å². The highest BCUT2D eigenvalue weighted by Crippen LogP contribution is 2.32. The predicted octanol–water partition coefficient (Wildman–Crippen LogP) is -0.685. The number of esters is 2. The average molecular weight is 477 g/mol. The van der Waals surface area contributed by atoms with Gasteiger partial charge in [-0.2, -0.15) is 0 Å². The Bertz CT molecular complexity index is 645. The monoisotopic (exact) mass is 476 g/mol. The summed E-state index contributed by atoms with van der Waals surface area (Å²) < 4.78 is 33.0. The zero-order chi connectivity index (χ0) is 24.8. The van der Waals surface area contributed by atoms with Gasteiger partial charge in [-0.3, -0.25) is 14.4 Å². The molecule has 0 spiro atoms. The van der Waals surface area contributed by atoms with Crippen molar-refractivity contribution in [1.82, 2.24) is 5.32 Å². The van der Waals surface area contributed by atoms with Gasteiger partial charge in [0.1, 0.15) is 30.6 Å². The largest absolute Gasteiger partial charge is 0.463 e. The molecular weight excluding hydrogens is 440 g/mol. The molecule has 0 radical (unpaired) electrons. The molecule has 12 heteroatoms. The number of carbonyl (C=O) groups excluding carboxylic acids is 4. The third-order valence-corrected chi connectivity index (χ3v) is 4.65. The molecule has 3 N–H and O–H groups in total. The summed E-state index contributed by atoms with van der Waals surface area (Å²) in [6, 6.07) is -0.891. The molecular formula is C21H36N2O10. The maximum Gasteiger partial charge on any atom is 0.302 e. The zero-order valence-corrected chi connectivity index (χ0v) is 19.7. The number of amides is 1. The average Bonchev–Trinajstić information content (AvgIpc) is 2.71. The Kier molecular flexibility index (Phi) is 13.7. The molecule has 0 saturated carbocycles. The minimum atomic E-state index is -1.04. The van der Waals surface area contributed by atoms with E-state index in [4.69, 9.17) is 34.2 Å². The SMILES string of the molecule is CC(=O)CC1C(COC(C)=O)OC(OCCOCCOCCN)C(NC(C)=O)C1OC(C)=O. The molecule has 0 bridgehead atoms. The highest BCUT2D eigenvalue weighted by molar-refractivity contribution is 5.76. The fraction of sp³-hybridized carbons (Fsp3) is 0.810. The summed E-state index contributed by atoms with van der Waals surface area (Å²) in [7, 11) is 0. The molecule has 0 aliphatic carbocycles. The van der Waals surface area contributed by atoms with Crippen molar-refractivity contribution in [2.75, 3.05) is 46.2 Å². The van der Waals surface area contributed by atoms with E-state index in [1.807, 2.05) is 0 Å². The van der Waals surface area contributed by atoms with Crippen molar-refractivity contribution in [2.24, 2.45) is 11.7 Å². The van der Waals surface area contributed by atoms with E-state index >= 15 is 0 Å². The van der Waals surface area contributed by atoms with Gasteiger partial charge in [-0.15, -0.1) is 0 Å². The molecule has 190 valence electrons. The van der Waals surface area contributed by atoms with E-state index in [0.29, 0.717) is 26.4 Å². The number of ketones is 1. The second-order valence-corrected chi connectivity index (χ2v) is 7.60. The Balaban J connectivity index is 2.95. The molecule has 1 fully saturated rings. The Morgan fingerprint density at radius 1 is 0.909 bits per heavy atom. The van der Waals surface area contributed by atoms with E-state index < -0.39 is 48.3 Å². The van der Waals surface area contributed by atoms with Crippen molar-refractivity contribution in [2.45, 2.75) is 58.7 Å². The quantitative estimate of drug-likeness (QED) is 0.227. The molecule has 33 heavy (non-hydrogen) atoms. The highest BCUT2D eigenvalue weighted by atomic mass is 16.7. The first-order valence-corrected chi connectivity index (χ1v) is 10.8. The third kappa shape index (κ3) is 11.5. The van der Waals surface area contributed by atoms with E-state index in [1.54, 1.807) is 0 Å². The van der Waals surface area contributed by atoms with Gasteiger partial charge in [0, 0.05) is 39.7 Å². The van der Waals surface area contributed by atoms with E-state index in [2.05, 4.69) is 5.32 Å². The Morgan fingerprint density at radius 2 is 1.55 bits per heavy atom. The number of hydrogen-bond acceptors (Lipinski definition) is 11. The van der Waals surface area contributed by atoms with Crippen molar-refractivity contribution in [3.63, 3.8) is 0 Å². The Morgan fingerprint density at radius 3 is 2.09 bits per heavy atom. The van der Waals surface area contributed by atoms with Gasteiger partial charge in [0.25, 0.3) is 0 Å². The van der Waals surface area contributed by atoms with Crippen LogP contribution in [0.5, 0.6) is 0 Å². The van der Waals surface area contributed by atoms with Crippen LogP contribution in [0.2, 0.25) is 0 Å². The minimum absolute atomic E-state index is 0.0153. The molecule has 1 amide bonds. The molecule has 1 heterocycles. The first-order chi connectivity index (χ1) is 15.6. The van der Waals surface area contributed by atoms with Gasteiger partial charge in [0.05, 0.1) is 33.0 Å². The lowest BCUT2D eigenvalue weighted by Gasteiger charge is -2.45. The second kappa shape index (κ2) is 15.7. The van der Waals surface area contributed by atoms with Crippen molar-refractivity contribution < 1.29 is 47.6 Å². The topological polar surface area (TPSA) is 162 Å². The normalized spacial score (nSPS) is 24.7. The van der Waals surface area contributed by atoms with Crippen molar-refractivity contribution in [1.29, 1.82) is 0 Å². The van der Waals surface area contributed by atoms with Crippen molar-refractivity contribution >= 4 is 23.6 Å². The first kappa shape index (κ1) is 28.9. The summed E-state index contributed by atoms with van der Waals surface area (Å²) in [4.78, 5) is 47.0. The smallest absolute Gasteiger partial charge is 0.302 e. The predicted molar refractivity (Wildman–Crippen MR) is 114 cm³/mol. The Hall–Kier alpha value is -2.12. The van der Waals surface area contributed by atoms with Crippen LogP contribution in [-0.4, -0.2) is 94.4 Å². The summed E-state index contributed by atoms with van der Waals surface area (Å²) in [5.74, 6) is -2.38. The lowest BCUT2D eigenvalue weighted by Crippen LogP contribution is -2.63. The summed E-state index contributed by atoms with van der Waals surface area (Å²) in [6.45, 7) is 6.89. The molecule has 0 aromatic carbocycles. The zero-order valence-electron chi connectivity index (χ0n) is 19.7. The number of hydrogen-bond donors (Lipinski definition) is 2. The van der Waals surface area contributed by atoms with Crippen molar-refractivity contribution in [3.05, 3.63) is 0 Å². The van der Waals surface area contributed by atoms with Crippen LogP contribution in [-0.2, 0) is 47.6 Å². The molecule has 5 unspecified atom stereocenters. The maximum atomic E-state index is 11.9. The Labute approximate surface area is 193 Å². The summed E-state index contributed by atoms with van der Waals surface area (Å²) in [6.07, 6.45) is -2.81. The lowest BCUT2D eigenvalue weighted by molar-refractivity contribution is -0.264. The van der Waals surface area contributed by atoms with E-state index in [9.17, 15) is 19.2 Å². The molecule has 1 aliphatic rings. The number of Topliss-reactive ketones (excluding diaryl/α,β-unsaturated/α-hetero) is 1. The standard InChI is InChI=1S/C21H36N2O10/c1-13(24)11-17-18(12-31-15(3)26)33-21(30-10-9-29-8-7-28-6-5-22)19(23-14(2)25)20(17)32-16(4)27/h17-21H,5-12,22H2,1-4H3,(H,23,25). The number of nitrogens with two attached hydrogens (primary N) is 1. The molecule has 0 aromatic rings. The van der Waals surface area contributed by atoms with E-state index in [0.717, 1.165) is 0 Å². The van der Waals surface area contributed by atoms with Crippen LogP contribution in [0, 0.1) is 5.92 Å². The fourth-order valence-corrected chi connectivity index (χ4v) is 3.44. The number of rotatable bonds is 15. The van der Waals surface area contributed by atoms with Gasteiger partial charge >= 0.3 is 11.9 Å². The van der Waals surface area contributed by atoms with Crippen LogP contribution in [0.4, 0.5) is 0 Å². The summed E-state index contributed by atoms with van der Waals surface area (Å²) in [5.41, 5.74) is 5.34. The highest BCUT2D eigenvalue weighted by Gasteiger charge is 2.49. The van der Waals surface area contributed by atoms with Gasteiger partial charge in [0.15, 0.2) is 6.29 Å². The molecule has 1 rings (SSSR count). The van der Waals surface area contributed by atoms with Crippen LogP contribution >= 0.6 is 0 Å². The summed E-state index contributed by atoms with van der Waals surface area (Å²) in [5, 5.41) is 2.69. The van der Waals surface area contributed by atoms with Crippen molar-refractivity contribution in [3.8, 4) is 0 Å². The van der Waals surface area contributed by atoms with Gasteiger partial charge in [-0.25, -0.2) is 0 Å². The first-order valence-electron chi connectivity index (χ1n) is 10.8. The van der Waals surface area contributed by atoms with Gasteiger partial charge < -0.3 is 44.3 Å². The lowest BCUT2D eigenvalue weighted by atomic mass is 9.84. The number of ether oxygens (including phenoxy) is 6. The molecule has 5 atom stereocenters. The van der Waals surface area contributed by atoms with Crippen LogP contribution in [0.25, 0.3) is 0 Å². The van der Waals surface area contributed by atoms with Crippen LogP contribution in [0.1, 0.15) is 34.1 Å². The second-order valence-electron chi connectivity index (χ2n) is 7.60. The third-order valence-electron chi connectivity index (χ3n) is 4.65.